The predicted molar refractivity (Wildman–Crippen MR) is 120 cm³/mol. The van der Waals surface area contributed by atoms with Gasteiger partial charge in [-0.1, -0.05) is 27.7 Å². The van der Waals surface area contributed by atoms with E-state index in [0.29, 0.717) is 0 Å². The van der Waals surface area contributed by atoms with E-state index >= 15 is 0 Å². The first-order valence-electron chi connectivity index (χ1n) is 11.0. The van der Waals surface area contributed by atoms with E-state index < -0.39 is 17.4 Å². The standard InChI is InChI=1S/C7H12O4.C7H16O2.C4H7BO.C4H8O/c1-7(2,3-5(8)9)4-6(10)11;1-7(2,3-5-8)4-6-9;5-4-2-1-3-6-4;1-2-4-5-3-1/h3-4H2,1-2H3,(H,8,9)(H,10,11);8-9H,3-6H2,1-2H3;4H,1-3H2;1-4H2. The van der Waals surface area contributed by atoms with Crippen LogP contribution in [0.3, 0.4) is 0 Å². The van der Waals surface area contributed by atoms with E-state index in [1.807, 2.05) is 13.8 Å². The van der Waals surface area contributed by atoms with E-state index in [2.05, 4.69) is 0 Å². The molecule has 0 aromatic heterocycles. The SMILES string of the molecule is C1CCOC1.CC(C)(CC(=O)O)CC(=O)O.CC(C)(CCO)CCO.[B]C1CCCO1. The highest BCUT2D eigenvalue weighted by Crippen LogP contribution is 2.24. The minimum atomic E-state index is -0.962. The molecule has 0 aromatic rings. The van der Waals surface area contributed by atoms with Crippen molar-refractivity contribution in [3.05, 3.63) is 0 Å². The Balaban J connectivity index is 0. The Hall–Kier alpha value is -1.16. The molecule has 9 heteroatoms. The van der Waals surface area contributed by atoms with Gasteiger partial charge in [0.1, 0.15) is 7.85 Å². The van der Waals surface area contributed by atoms with Crippen molar-refractivity contribution in [2.75, 3.05) is 33.0 Å². The van der Waals surface area contributed by atoms with Crippen molar-refractivity contribution in [2.45, 2.75) is 85.1 Å². The van der Waals surface area contributed by atoms with Crippen LogP contribution in [0.5, 0.6) is 0 Å². The van der Waals surface area contributed by atoms with E-state index in [-0.39, 0.29) is 37.5 Å². The van der Waals surface area contributed by atoms with Gasteiger partial charge in [0, 0.05) is 39.0 Å². The molecule has 1 unspecified atom stereocenters. The first-order valence-corrected chi connectivity index (χ1v) is 11.0. The Kier molecular flexibility index (Phi) is 19.0. The Morgan fingerprint density at radius 1 is 0.839 bits per heavy atom. The smallest absolute Gasteiger partial charge is 0.303 e. The second-order valence-corrected chi connectivity index (χ2v) is 9.29. The molecule has 0 saturated carbocycles. The molecule has 2 aliphatic rings. The molecule has 2 saturated heterocycles. The van der Waals surface area contributed by atoms with Crippen molar-refractivity contribution in [1.82, 2.24) is 0 Å². The lowest BCUT2D eigenvalue weighted by molar-refractivity contribution is -0.142. The summed E-state index contributed by atoms with van der Waals surface area (Å²) in [5.41, 5.74) is -0.554. The van der Waals surface area contributed by atoms with Crippen LogP contribution in [0.1, 0.15) is 79.1 Å². The largest absolute Gasteiger partial charge is 0.481 e. The van der Waals surface area contributed by atoms with Gasteiger partial charge in [0.25, 0.3) is 0 Å². The maximum atomic E-state index is 10.2. The molecule has 31 heavy (non-hydrogen) atoms. The summed E-state index contributed by atoms with van der Waals surface area (Å²) in [6.45, 7) is 10.6. The van der Waals surface area contributed by atoms with Gasteiger partial charge in [-0.2, -0.15) is 0 Å². The van der Waals surface area contributed by atoms with Crippen LogP contribution in [0.2, 0.25) is 0 Å². The highest BCUT2D eigenvalue weighted by Gasteiger charge is 2.24. The molecule has 2 radical (unpaired) electrons. The van der Waals surface area contributed by atoms with Gasteiger partial charge < -0.3 is 29.9 Å². The van der Waals surface area contributed by atoms with Gasteiger partial charge in [0.15, 0.2) is 0 Å². The summed E-state index contributed by atoms with van der Waals surface area (Å²) in [6, 6.07) is 0.0463. The van der Waals surface area contributed by atoms with Crippen molar-refractivity contribution in [3.8, 4) is 0 Å². The summed E-state index contributed by atoms with van der Waals surface area (Å²) in [5, 5.41) is 33.8. The van der Waals surface area contributed by atoms with Crippen LogP contribution in [0.15, 0.2) is 0 Å². The number of aliphatic hydroxyl groups is 2. The lowest BCUT2D eigenvalue weighted by Gasteiger charge is -2.21. The van der Waals surface area contributed by atoms with Gasteiger partial charge in [-0.3, -0.25) is 9.59 Å². The number of carboxylic acid groups (broad SMARTS) is 2. The van der Waals surface area contributed by atoms with Gasteiger partial charge in [0.2, 0.25) is 0 Å². The fraction of sp³-hybridized carbons (Fsp3) is 0.909. The zero-order valence-corrected chi connectivity index (χ0v) is 19.8. The van der Waals surface area contributed by atoms with Crippen LogP contribution < -0.4 is 0 Å². The quantitative estimate of drug-likeness (QED) is 0.418. The van der Waals surface area contributed by atoms with Crippen LogP contribution in [-0.4, -0.2) is 79.2 Å². The second-order valence-electron chi connectivity index (χ2n) is 9.29. The Labute approximate surface area is 188 Å². The summed E-state index contributed by atoms with van der Waals surface area (Å²) >= 11 is 0. The van der Waals surface area contributed by atoms with Crippen LogP contribution >= 0.6 is 0 Å². The normalized spacial score (nSPS) is 17.9. The summed E-state index contributed by atoms with van der Waals surface area (Å²) in [6.07, 6.45) is 6.06. The van der Waals surface area contributed by atoms with Crippen LogP contribution in [-0.2, 0) is 19.1 Å². The fourth-order valence-electron chi connectivity index (χ4n) is 2.72. The third kappa shape index (κ3) is 25.0. The first-order chi connectivity index (χ1) is 14.3. The van der Waals surface area contributed by atoms with Crippen LogP contribution in [0.25, 0.3) is 0 Å². The number of aliphatic carboxylic acids is 2. The Bertz CT molecular complexity index is 425. The molecule has 2 rings (SSSR count). The van der Waals surface area contributed by atoms with E-state index in [1.54, 1.807) is 13.8 Å². The molecule has 2 heterocycles. The van der Waals surface area contributed by atoms with Gasteiger partial charge in [-0.25, -0.2) is 0 Å². The molecule has 0 spiro atoms. The minimum Gasteiger partial charge on any atom is -0.481 e. The monoisotopic (exact) mass is 446 g/mol. The number of rotatable bonds is 8. The minimum absolute atomic E-state index is 0.0463. The van der Waals surface area contributed by atoms with E-state index in [4.69, 9.17) is 37.7 Å². The van der Waals surface area contributed by atoms with Gasteiger partial charge in [-0.05, 0) is 49.4 Å². The zero-order chi connectivity index (χ0) is 24.3. The maximum Gasteiger partial charge on any atom is 0.303 e. The molecular formula is C22H43BO8. The first kappa shape index (κ1) is 32.0. The third-order valence-corrected chi connectivity index (χ3v) is 4.63. The van der Waals surface area contributed by atoms with Crippen molar-refractivity contribution < 1.29 is 39.5 Å². The van der Waals surface area contributed by atoms with E-state index in [0.717, 1.165) is 45.5 Å². The summed E-state index contributed by atoms with van der Waals surface area (Å²) in [5.74, 6) is -1.92. The second kappa shape index (κ2) is 18.4. The molecule has 1 atom stereocenters. The fourth-order valence-corrected chi connectivity index (χ4v) is 2.72. The van der Waals surface area contributed by atoms with Crippen molar-refractivity contribution in [2.24, 2.45) is 10.8 Å². The average Bonchev–Trinajstić information content (AvgIpc) is 3.29. The lowest BCUT2D eigenvalue weighted by Crippen LogP contribution is -2.20. The van der Waals surface area contributed by atoms with Crippen LogP contribution in [0, 0.1) is 10.8 Å². The molecule has 4 N–H and O–H groups in total. The van der Waals surface area contributed by atoms with Gasteiger partial charge in [-0.15, -0.1) is 0 Å². The Morgan fingerprint density at radius 2 is 1.29 bits per heavy atom. The number of hydrogen-bond acceptors (Lipinski definition) is 6. The molecule has 0 bridgehead atoms. The van der Waals surface area contributed by atoms with E-state index in [1.165, 1.54) is 12.8 Å². The number of carbonyl (C=O) groups is 2. The van der Waals surface area contributed by atoms with Gasteiger partial charge >= 0.3 is 11.9 Å². The number of ether oxygens (including phenoxy) is 2. The number of aliphatic hydroxyl groups excluding tert-OH is 2. The molecule has 0 amide bonds. The molecule has 0 aromatic carbocycles. The average molecular weight is 446 g/mol. The van der Waals surface area contributed by atoms with Crippen molar-refractivity contribution in [1.29, 1.82) is 0 Å². The highest BCUT2D eigenvalue weighted by atomic mass is 16.5. The molecule has 182 valence electrons. The maximum absolute atomic E-state index is 10.2. The van der Waals surface area contributed by atoms with Crippen molar-refractivity contribution in [3.63, 3.8) is 0 Å². The molecule has 2 aliphatic heterocycles. The zero-order valence-electron chi connectivity index (χ0n) is 19.8. The predicted octanol–water partition coefficient (Wildman–Crippen LogP) is 2.83. The van der Waals surface area contributed by atoms with Gasteiger partial charge in [0.05, 0.1) is 12.8 Å². The molecule has 8 nitrogen and oxygen atoms in total. The van der Waals surface area contributed by atoms with E-state index in [9.17, 15) is 9.59 Å². The topological polar surface area (TPSA) is 134 Å². The molecule has 0 aliphatic carbocycles. The van der Waals surface area contributed by atoms with Crippen LogP contribution in [0.4, 0.5) is 0 Å². The number of hydrogen-bond donors (Lipinski definition) is 4. The Morgan fingerprint density at radius 3 is 1.48 bits per heavy atom. The van der Waals surface area contributed by atoms with Crippen molar-refractivity contribution >= 4 is 19.8 Å². The molecule has 2 fully saturated rings. The summed E-state index contributed by atoms with van der Waals surface area (Å²) < 4.78 is 9.88. The summed E-state index contributed by atoms with van der Waals surface area (Å²) in [7, 11) is 5.31. The highest BCUT2D eigenvalue weighted by molar-refractivity contribution is 6.11. The summed E-state index contributed by atoms with van der Waals surface area (Å²) in [4.78, 5) is 20.4. The lowest BCUT2D eigenvalue weighted by atomic mass is 9.86. The molecular weight excluding hydrogens is 403 g/mol. The third-order valence-electron chi connectivity index (χ3n) is 4.63. The number of carboxylic acids is 2.